The van der Waals surface area contributed by atoms with Crippen LogP contribution in [0.4, 0.5) is 4.39 Å². The van der Waals surface area contributed by atoms with Crippen LogP contribution in [-0.2, 0) is 0 Å². The fourth-order valence-corrected chi connectivity index (χ4v) is 2.18. The Morgan fingerprint density at radius 3 is 2.92 bits per heavy atom. The molecule has 2 aromatic rings. The second-order valence-electron chi connectivity index (χ2n) is 2.79. The van der Waals surface area contributed by atoms with Gasteiger partial charge in [-0.3, -0.25) is 0 Å². The first-order chi connectivity index (χ1) is 6.22. The van der Waals surface area contributed by atoms with E-state index in [-0.39, 0.29) is 5.82 Å². The highest BCUT2D eigenvalue weighted by Crippen LogP contribution is 2.29. The number of rotatable bonds is 0. The Bertz CT molecular complexity index is 507. The van der Waals surface area contributed by atoms with E-state index in [9.17, 15) is 4.39 Å². The van der Waals surface area contributed by atoms with Crippen molar-refractivity contribution in [2.75, 3.05) is 0 Å². The van der Waals surface area contributed by atoms with Crippen LogP contribution in [-0.4, -0.2) is 0 Å². The van der Waals surface area contributed by atoms with Gasteiger partial charge in [-0.05, 0) is 25.1 Å². The van der Waals surface area contributed by atoms with Crippen molar-refractivity contribution in [3.05, 3.63) is 34.5 Å². The lowest BCUT2D eigenvalue weighted by molar-refractivity contribution is 0.636. The predicted octanol–water partition coefficient (Wildman–Crippen LogP) is 3.22. The number of aryl methyl sites for hydroxylation is 1. The first kappa shape index (κ1) is 8.21. The zero-order valence-corrected chi connectivity index (χ0v) is 7.78. The average Bonchev–Trinajstić information content (AvgIpc) is 2.43. The van der Waals surface area contributed by atoms with Crippen molar-refractivity contribution in [3.8, 4) is 6.07 Å². The molecule has 1 aromatic carbocycles. The summed E-state index contributed by atoms with van der Waals surface area (Å²) in [6.45, 7) is 1.74. The predicted molar refractivity (Wildman–Crippen MR) is 51.2 cm³/mol. The van der Waals surface area contributed by atoms with Crippen LogP contribution in [0.15, 0.2) is 18.2 Å². The molecule has 0 spiro atoms. The SMILES string of the molecule is Cc1sc2ccc(C#N)cc2c1F. The molecule has 0 aliphatic rings. The quantitative estimate of drug-likeness (QED) is 0.627. The second kappa shape index (κ2) is 2.82. The molecule has 0 radical (unpaired) electrons. The van der Waals surface area contributed by atoms with Gasteiger partial charge in [0.1, 0.15) is 5.82 Å². The molecule has 13 heavy (non-hydrogen) atoms. The Labute approximate surface area is 79.0 Å². The van der Waals surface area contributed by atoms with E-state index in [1.54, 1.807) is 25.1 Å². The molecule has 0 fully saturated rings. The highest BCUT2D eigenvalue weighted by Gasteiger charge is 2.08. The van der Waals surface area contributed by atoms with Crippen molar-refractivity contribution in [2.24, 2.45) is 0 Å². The molecule has 3 heteroatoms. The van der Waals surface area contributed by atoms with Crippen LogP contribution in [0.5, 0.6) is 0 Å². The fraction of sp³-hybridized carbons (Fsp3) is 0.100. The van der Waals surface area contributed by atoms with Crippen molar-refractivity contribution in [1.29, 1.82) is 5.26 Å². The van der Waals surface area contributed by atoms with E-state index in [2.05, 4.69) is 0 Å². The molecule has 0 saturated heterocycles. The van der Waals surface area contributed by atoms with Crippen LogP contribution in [0.3, 0.4) is 0 Å². The normalized spacial score (nSPS) is 10.2. The maximum absolute atomic E-state index is 13.4. The summed E-state index contributed by atoms with van der Waals surface area (Å²) in [5.41, 5.74) is 0.504. The number of halogens is 1. The molecule has 0 aliphatic carbocycles. The van der Waals surface area contributed by atoms with E-state index in [1.807, 2.05) is 6.07 Å². The minimum absolute atomic E-state index is 0.197. The molecule has 0 amide bonds. The van der Waals surface area contributed by atoms with Crippen molar-refractivity contribution in [1.82, 2.24) is 0 Å². The third-order valence-electron chi connectivity index (χ3n) is 1.92. The van der Waals surface area contributed by atoms with Crippen molar-refractivity contribution >= 4 is 21.4 Å². The first-order valence-corrected chi connectivity index (χ1v) is 4.63. The van der Waals surface area contributed by atoms with E-state index in [0.717, 1.165) is 4.70 Å². The number of hydrogen-bond acceptors (Lipinski definition) is 2. The number of benzene rings is 1. The van der Waals surface area contributed by atoms with Crippen molar-refractivity contribution in [3.63, 3.8) is 0 Å². The van der Waals surface area contributed by atoms with E-state index < -0.39 is 0 Å². The Kier molecular flexibility index (Phi) is 1.78. The van der Waals surface area contributed by atoms with E-state index >= 15 is 0 Å². The number of hydrogen-bond donors (Lipinski definition) is 0. The molecule has 1 nitrogen and oxygen atoms in total. The average molecular weight is 191 g/mol. The monoisotopic (exact) mass is 191 g/mol. The van der Waals surface area contributed by atoms with Crippen LogP contribution in [0.2, 0.25) is 0 Å². The molecule has 0 unspecified atom stereocenters. The van der Waals surface area contributed by atoms with Gasteiger partial charge in [0.25, 0.3) is 0 Å². The minimum atomic E-state index is -0.197. The zero-order chi connectivity index (χ0) is 9.42. The summed E-state index contributed by atoms with van der Waals surface area (Å²) in [4.78, 5) is 0.671. The van der Waals surface area contributed by atoms with Crippen LogP contribution in [0.25, 0.3) is 10.1 Å². The summed E-state index contributed by atoms with van der Waals surface area (Å²) < 4.78 is 14.3. The van der Waals surface area contributed by atoms with Gasteiger partial charge < -0.3 is 0 Å². The summed E-state index contributed by atoms with van der Waals surface area (Å²) in [7, 11) is 0. The number of fused-ring (bicyclic) bond motifs is 1. The standard InChI is InChI=1S/C10H6FNS/c1-6-10(11)8-4-7(5-12)2-3-9(8)13-6/h2-4H,1H3. The van der Waals surface area contributed by atoms with Gasteiger partial charge in [-0.1, -0.05) is 0 Å². The van der Waals surface area contributed by atoms with Gasteiger partial charge in [-0.15, -0.1) is 11.3 Å². The largest absolute Gasteiger partial charge is 0.205 e. The minimum Gasteiger partial charge on any atom is -0.205 e. The Balaban J connectivity index is 2.84. The lowest BCUT2D eigenvalue weighted by Crippen LogP contribution is -1.75. The fourth-order valence-electron chi connectivity index (χ4n) is 1.26. The molecule has 0 saturated carbocycles. The summed E-state index contributed by atoms with van der Waals surface area (Å²) in [6.07, 6.45) is 0. The third kappa shape index (κ3) is 1.20. The van der Waals surface area contributed by atoms with E-state index in [4.69, 9.17) is 5.26 Å². The van der Waals surface area contributed by atoms with Gasteiger partial charge in [0.2, 0.25) is 0 Å². The molecule has 1 aromatic heterocycles. The van der Waals surface area contributed by atoms with Gasteiger partial charge >= 0.3 is 0 Å². The Hall–Kier alpha value is -1.40. The summed E-state index contributed by atoms with van der Waals surface area (Å²) >= 11 is 1.41. The maximum Gasteiger partial charge on any atom is 0.144 e. The van der Waals surface area contributed by atoms with Gasteiger partial charge in [0.15, 0.2) is 0 Å². The molecule has 0 N–H and O–H groups in total. The number of thiophene rings is 1. The lowest BCUT2D eigenvalue weighted by Gasteiger charge is -1.89. The zero-order valence-electron chi connectivity index (χ0n) is 6.97. The number of nitriles is 1. The molecular weight excluding hydrogens is 185 g/mol. The molecule has 0 atom stereocenters. The highest BCUT2D eigenvalue weighted by molar-refractivity contribution is 7.19. The Morgan fingerprint density at radius 1 is 1.46 bits per heavy atom. The van der Waals surface area contributed by atoms with Crippen molar-refractivity contribution < 1.29 is 4.39 Å². The summed E-state index contributed by atoms with van der Waals surface area (Å²) in [6, 6.07) is 7.08. The summed E-state index contributed by atoms with van der Waals surface area (Å²) in [5, 5.41) is 9.18. The van der Waals surface area contributed by atoms with Gasteiger partial charge in [0, 0.05) is 15.0 Å². The highest BCUT2D eigenvalue weighted by atomic mass is 32.1. The lowest BCUT2D eigenvalue weighted by atomic mass is 10.2. The van der Waals surface area contributed by atoms with Gasteiger partial charge in [0.05, 0.1) is 11.6 Å². The molecule has 0 bridgehead atoms. The molecule has 64 valence electrons. The number of nitrogens with zero attached hydrogens (tertiary/aromatic N) is 1. The smallest absolute Gasteiger partial charge is 0.144 e. The van der Waals surface area contributed by atoms with Gasteiger partial charge in [-0.25, -0.2) is 4.39 Å². The molecule has 0 aliphatic heterocycles. The summed E-state index contributed by atoms with van der Waals surface area (Å²) in [5.74, 6) is -0.197. The maximum atomic E-state index is 13.4. The van der Waals surface area contributed by atoms with Crippen LogP contribution >= 0.6 is 11.3 Å². The van der Waals surface area contributed by atoms with E-state index in [1.165, 1.54) is 11.3 Å². The van der Waals surface area contributed by atoms with Gasteiger partial charge in [-0.2, -0.15) is 5.26 Å². The molecular formula is C10H6FNS. The first-order valence-electron chi connectivity index (χ1n) is 3.81. The Morgan fingerprint density at radius 2 is 2.23 bits per heavy atom. The van der Waals surface area contributed by atoms with E-state index in [0.29, 0.717) is 15.8 Å². The van der Waals surface area contributed by atoms with Crippen LogP contribution in [0.1, 0.15) is 10.4 Å². The van der Waals surface area contributed by atoms with Crippen LogP contribution < -0.4 is 0 Å². The topological polar surface area (TPSA) is 23.8 Å². The molecule has 1 heterocycles. The van der Waals surface area contributed by atoms with Crippen LogP contribution in [0, 0.1) is 24.1 Å². The molecule has 2 rings (SSSR count). The third-order valence-corrected chi connectivity index (χ3v) is 2.98. The van der Waals surface area contributed by atoms with Crippen molar-refractivity contribution in [2.45, 2.75) is 6.92 Å². The second-order valence-corrected chi connectivity index (χ2v) is 4.05.